The number of anilines is 2. The number of para-hydroxylation sites is 1. The molecule has 0 heterocycles. The molecule has 0 spiro atoms. The van der Waals surface area contributed by atoms with Gasteiger partial charge < -0.3 is 15.7 Å². The molecule has 19 heavy (non-hydrogen) atoms. The summed E-state index contributed by atoms with van der Waals surface area (Å²) >= 11 is 0. The maximum atomic E-state index is 9.95. The van der Waals surface area contributed by atoms with E-state index >= 15 is 0 Å². The highest BCUT2D eigenvalue weighted by Crippen LogP contribution is 2.31. The highest BCUT2D eigenvalue weighted by atomic mass is 16.3. The van der Waals surface area contributed by atoms with E-state index in [0.29, 0.717) is 5.75 Å². The van der Waals surface area contributed by atoms with Crippen molar-refractivity contribution in [3.05, 3.63) is 18.2 Å². The van der Waals surface area contributed by atoms with Crippen molar-refractivity contribution in [2.75, 3.05) is 23.7 Å². The highest BCUT2D eigenvalue weighted by Gasteiger charge is 2.06. The van der Waals surface area contributed by atoms with E-state index in [1.165, 1.54) is 32.1 Å². The molecule has 3 N–H and O–H groups in total. The normalized spacial score (nSPS) is 10.4. The quantitative estimate of drug-likeness (QED) is 0.427. The monoisotopic (exact) mass is 264 g/mol. The van der Waals surface area contributed by atoms with Crippen LogP contribution in [0.25, 0.3) is 0 Å². The number of hydrogen-bond donors (Lipinski definition) is 3. The van der Waals surface area contributed by atoms with E-state index in [1.54, 1.807) is 6.07 Å². The van der Waals surface area contributed by atoms with Crippen LogP contribution in [0.2, 0.25) is 0 Å². The van der Waals surface area contributed by atoms with Crippen molar-refractivity contribution >= 4 is 11.4 Å². The molecule has 1 aromatic carbocycles. The summed E-state index contributed by atoms with van der Waals surface area (Å²) in [4.78, 5) is 0. The van der Waals surface area contributed by atoms with Gasteiger partial charge >= 0.3 is 0 Å². The van der Waals surface area contributed by atoms with Gasteiger partial charge in [-0.2, -0.15) is 0 Å². The number of nitrogens with one attached hydrogen (secondary N) is 2. The molecule has 0 saturated carbocycles. The molecule has 0 fully saturated rings. The van der Waals surface area contributed by atoms with Crippen molar-refractivity contribution in [1.82, 2.24) is 0 Å². The highest BCUT2D eigenvalue weighted by molar-refractivity contribution is 5.75. The molecule has 3 nitrogen and oxygen atoms in total. The fourth-order valence-corrected chi connectivity index (χ4v) is 2.06. The lowest BCUT2D eigenvalue weighted by atomic mass is 10.2. The third-order valence-electron chi connectivity index (χ3n) is 3.22. The van der Waals surface area contributed by atoms with Gasteiger partial charge in [-0.15, -0.1) is 0 Å². The number of unbranched alkanes of at least 4 members (excludes halogenated alkanes) is 4. The van der Waals surface area contributed by atoms with Gasteiger partial charge in [0.2, 0.25) is 0 Å². The third kappa shape index (κ3) is 5.86. The summed E-state index contributed by atoms with van der Waals surface area (Å²) in [6.07, 6.45) is 7.21. The lowest BCUT2D eigenvalue weighted by molar-refractivity contribution is 0.477. The lowest BCUT2D eigenvalue weighted by Crippen LogP contribution is -2.07. The molecule has 1 aromatic rings. The average molecular weight is 264 g/mol. The number of benzene rings is 1. The molecule has 108 valence electrons. The molecule has 0 atom stereocenters. The van der Waals surface area contributed by atoms with Gasteiger partial charge in [-0.1, -0.05) is 45.6 Å². The molecular formula is C16H28N2O. The topological polar surface area (TPSA) is 44.3 Å². The Bertz CT molecular complexity index is 353. The van der Waals surface area contributed by atoms with Crippen molar-refractivity contribution in [2.45, 2.75) is 52.4 Å². The third-order valence-corrected chi connectivity index (χ3v) is 3.22. The van der Waals surface area contributed by atoms with Gasteiger partial charge in [-0.05, 0) is 25.0 Å². The summed E-state index contributed by atoms with van der Waals surface area (Å²) in [5.74, 6) is 0.331. The minimum Gasteiger partial charge on any atom is -0.506 e. The minimum atomic E-state index is 0.331. The Morgan fingerprint density at radius 2 is 1.53 bits per heavy atom. The van der Waals surface area contributed by atoms with E-state index in [-0.39, 0.29) is 0 Å². The summed E-state index contributed by atoms with van der Waals surface area (Å²) in [6.45, 7) is 6.27. The fourth-order valence-electron chi connectivity index (χ4n) is 2.06. The first-order chi connectivity index (χ1) is 9.29. The van der Waals surface area contributed by atoms with Crippen molar-refractivity contribution in [2.24, 2.45) is 0 Å². The molecule has 0 bridgehead atoms. The van der Waals surface area contributed by atoms with Crippen LogP contribution in [-0.4, -0.2) is 18.2 Å². The van der Waals surface area contributed by atoms with Gasteiger partial charge in [0.05, 0.1) is 5.69 Å². The number of phenolic OH excluding ortho intramolecular Hbond substituents is 1. The van der Waals surface area contributed by atoms with Crippen LogP contribution in [-0.2, 0) is 0 Å². The second-order valence-electron chi connectivity index (χ2n) is 4.97. The molecule has 0 aromatic heterocycles. The van der Waals surface area contributed by atoms with E-state index < -0.39 is 0 Å². The Balaban J connectivity index is 2.51. The van der Waals surface area contributed by atoms with Gasteiger partial charge in [0.15, 0.2) is 0 Å². The first kappa shape index (κ1) is 15.7. The standard InChI is InChI=1S/C16H28N2O/c1-3-5-7-12-17-14-10-9-11-15(19)16(14)18-13-8-6-4-2/h9-11,17-19H,3-8,12-13H2,1-2H3. The number of aromatic hydroxyl groups is 1. The number of rotatable bonds is 10. The van der Waals surface area contributed by atoms with Crippen LogP contribution >= 0.6 is 0 Å². The van der Waals surface area contributed by atoms with E-state index in [2.05, 4.69) is 24.5 Å². The molecular weight excluding hydrogens is 236 g/mol. The zero-order valence-corrected chi connectivity index (χ0v) is 12.3. The van der Waals surface area contributed by atoms with Gasteiger partial charge in [0.25, 0.3) is 0 Å². The lowest BCUT2D eigenvalue weighted by Gasteiger charge is -2.15. The van der Waals surface area contributed by atoms with E-state index in [0.717, 1.165) is 30.9 Å². The van der Waals surface area contributed by atoms with Crippen LogP contribution in [0.1, 0.15) is 52.4 Å². The van der Waals surface area contributed by atoms with Gasteiger partial charge in [-0.25, -0.2) is 0 Å². The van der Waals surface area contributed by atoms with Crippen molar-refractivity contribution in [3.8, 4) is 5.75 Å². The minimum absolute atomic E-state index is 0.331. The van der Waals surface area contributed by atoms with Gasteiger partial charge in [-0.3, -0.25) is 0 Å². The molecule has 1 rings (SSSR count). The fraction of sp³-hybridized carbons (Fsp3) is 0.625. The molecule has 3 heteroatoms. The zero-order valence-electron chi connectivity index (χ0n) is 12.3. The summed E-state index contributed by atoms with van der Waals surface area (Å²) in [5.41, 5.74) is 1.85. The molecule has 0 unspecified atom stereocenters. The van der Waals surface area contributed by atoms with E-state index in [9.17, 15) is 5.11 Å². The predicted octanol–water partition coefficient (Wildman–Crippen LogP) is 4.60. The maximum absolute atomic E-state index is 9.95. The Morgan fingerprint density at radius 1 is 0.895 bits per heavy atom. The molecule has 0 amide bonds. The summed E-state index contributed by atoms with van der Waals surface area (Å²) < 4.78 is 0. The summed E-state index contributed by atoms with van der Waals surface area (Å²) in [7, 11) is 0. The molecule has 0 aliphatic rings. The summed E-state index contributed by atoms with van der Waals surface area (Å²) in [5, 5.41) is 16.7. The Labute approximate surface area is 117 Å². The smallest absolute Gasteiger partial charge is 0.140 e. The molecule has 0 aliphatic carbocycles. The number of phenols is 1. The van der Waals surface area contributed by atoms with Gasteiger partial charge in [0.1, 0.15) is 11.4 Å². The van der Waals surface area contributed by atoms with Crippen LogP contribution in [0.15, 0.2) is 18.2 Å². The first-order valence-electron chi connectivity index (χ1n) is 7.59. The first-order valence-corrected chi connectivity index (χ1v) is 7.59. The van der Waals surface area contributed by atoms with E-state index in [4.69, 9.17) is 0 Å². The predicted molar refractivity (Wildman–Crippen MR) is 84.1 cm³/mol. The second kappa shape index (κ2) is 9.54. The second-order valence-corrected chi connectivity index (χ2v) is 4.97. The van der Waals surface area contributed by atoms with Crippen LogP contribution < -0.4 is 10.6 Å². The van der Waals surface area contributed by atoms with Crippen molar-refractivity contribution in [1.29, 1.82) is 0 Å². The number of hydrogen-bond acceptors (Lipinski definition) is 3. The van der Waals surface area contributed by atoms with E-state index in [1.807, 2.05) is 12.1 Å². The Morgan fingerprint density at radius 3 is 2.16 bits per heavy atom. The molecule has 0 aliphatic heterocycles. The Hall–Kier alpha value is -1.38. The molecule has 0 radical (unpaired) electrons. The average Bonchev–Trinajstić information content (AvgIpc) is 2.42. The van der Waals surface area contributed by atoms with Crippen molar-refractivity contribution in [3.63, 3.8) is 0 Å². The van der Waals surface area contributed by atoms with Crippen LogP contribution in [0.5, 0.6) is 5.75 Å². The van der Waals surface area contributed by atoms with Crippen LogP contribution in [0, 0.1) is 0 Å². The SMILES string of the molecule is CCCCCNc1cccc(O)c1NCCCCC. The van der Waals surface area contributed by atoms with Crippen LogP contribution in [0.3, 0.4) is 0 Å². The van der Waals surface area contributed by atoms with Crippen LogP contribution in [0.4, 0.5) is 11.4 Å². The molecule has 0 saturated heterocycles. The largest absolute Gasteiger partial charge is 0.506 e. The summed E-state index contributed by atoms with van der Waals surface area (Å²) in [6, 6.07) is 5.64. The van der Waals surface area contributed by atoms with Gasteiger partial charge in [0, 0.05) is 13.1 Å². The zero-order chi connectivity index (χ0) is 13.9. The van der Waals surface area contributed by atoms with Crippen molar-refractivity contribution < 1.29 is 5.11 Å². The Kier molecular flexibility index (Phi) is 7.87. The maximum Gasteiger partial charge on any atom is 0.140 e.